The van der Waals surface area contributed by atoms with E-state index in [1.54, 1.807) is 25.1 Å². The molecule has 1 N–H and O–H groups in total. The number of amides is 1. The number of rotatable bonds is 6. The minimum absolute atomic E-state index is 0.217. The predicted molar refractivity (Wildman–Crippen MR) is 110 cm³/mol. The maximum Gasteiger partial charge on any atom is 0.265 e. The fraction of sp³-hybridized carbons (Fsp3) is 0.381. The summed E-state index contributed by atoms with van der Waals surface area (Å²) in [6, 6.07) is 11.1. The van der Waals surface area contributed by atoms with Gasteiger partial charge in [0.25, 0.3) is 5.91 Å². The van der Waals surface area contributed by atoms with Crippen molar-refractivity contribution in [3.63, 3.8) is 0 Å². The van der Waals surface area contributed by atoms with Crippen molar-refractivity contribution in [3.8, 4) is 5.75 Å². The Morgan fingerprint density at radius 1 is 0.962 bits per heavy atom. The maximum atomic E-state index is 12.7. The van der Waals surface area contributed by atoms with Crippen molar-refractivity contribution in [1.82, 2.24) is 0 Å². The molecule has 2 aromatic rings. The number of carbonyl (C=O) groups excluding carboxylic acids is 1. The minimum Gasteiger partial charge on any atom is -0.479 e. The van der Waals surface area contributed by atoms with Crippen LogP contribution in [-0.2, 0) is 4.79 Å². The monoisotopic (exact) mass is 393 g/mol. The van der Waals surface area contributed by atoms with Crippen LogP contribution in [0, 0.1) is 0 Å². The summed E-state index contributed by atoms with van der Waals surface area (Å²) in [7, 11) is 0. The summed E-state index contributed by atoms with van der Waals surface area (Å²) in [5.41, 5.74) is 3.10. The molecule has 0 radical (unpaired) electrons. The van der Waals surface area contributed by atoms with E-state index in [0.717, 1.165) is 16.8 Å². The highest BCUT2D eigenvalue weighted by atomic mass is 35.5. The molecule has 1 atom stereocenters. The van der Waals surface area contributed by atoms with Gasteiger partial charge in [-0.1, -0.05) is 69.1 Å². The lowest BCUT2D eigenvalue weighted by atomic mass is 9.92. The molecule has 2 rings (SSSR count). The third kappa shape index (κ3) is 4.93. The van der Waals surface area contributed by atoms with Gasteiger partial charge in [0.1, 0.15) is 5.75 Å². The highest BCUT2D eigenvalue weighted by Gasteiger charge is 2.21. The predicted octanol–water partition coefficient (Wildman–Crippen LogP) is 6.65. The lowest BCUT2D eigenvalue weighted by molar-refractivity contribution is -0.122. The van der Waals surface area contributed by atoms with Crippen LogP contribution in [-0.4, -0.2) is 12.0 Å². The van der Waals surface area contributed by atoms with E-state index in [1.165, 1.54) is 0 Å². The summed E-state index contributed by atoms with van der Waals surface area (Å²) in [4.78, 5) is 12.7. The molecular weight excluding hydrogens is 369 g/mol. The normalized spacial score (nSPS) is 12.3. The topological polar surface area (TPSA) is 38.3 Å². The zero-order chi connectivity index (χ0) is 19.4. The number of anilines is 1. The van der Waals surface area contributed by atoms with Crippen LogP contribution in [0.25, 0.3) is 0 Å². The highest BCUT2D eigenvalue weighted by Crippen LogP contribution is 2.33. The van der Waals surface area contributed by atoms with Crippen molar-refractivity contribution in [2.75, 3.05) is 5.32 Å². The second kappa shape index (κ2) is 8.79. The van der Waals surface area contributed by atoms with E-state index in [0.29, 0.717) is 27.6 Å². The number of para-hydroxylation sites is 1. The molecular formula is C21H25Cl2NO2. The fourth-order valence-electron chi connectivity index (χ4n) is 2.73. The number of hydrogen-bond acceptors (Lipinski definition) is 2. The Balaban J connectivity index is 2.23. The van der Waals surface area contributed by atoms with Crippen molar-refractivity contribution in [2.24, 2.45) is 0 Å². The Bertz CT molecular complexity index is 761. The molecule has 0 fully saturated rings. The summed E-state index contributed by atoms with van der Waals surface area (Å²) >= 11 is 12.0. The van der Waals surface area contributed by atoms with Crippen molar-refractivity contribution in [1.29, 1.82) is 0 Å². The first kappa shape index (κ1) is 20.6. The summed E-state index contributed by atoms with van der Waals surface area (Å²) in [5.74, 6) is 0.808. The molecule has 0 spiro atoms. The van der Waals surface area contributed by atoms with Crippen LogP contribution in [0.1, 0.15) is 57.6 Å². The average molecular weight is 394 g/mol. The minimum atomic E-state index is -0.700. The zero-order valence-corrected chi connectivity index (χ0v) is 17.3. The van der Waals surface area contributed by atoms with Crippen molar-refractivity contribution < 1.29 is 9.53 Å². The van der Waals surface area contributed by atoms with Crippen LogP contribution in [0.15, 0.2) is 36.4 Å². The molecule has 3 nitrogen and oxygen atoms in total. The van der Waals surface area contributed by atoms with Crippen molar-refractivity contribution >= 4 is 34.8 Å². The maximum absolute atomic E-state index is 12.7. The van der Waals surface area contributed by atoms with Gasteiger partial charge in [-0.3, -0.25) is 4.79 Å². The van der Waals surface area contributed by atoms with Crippen LogP contribution < -0.4 is 10.1 Å². The second-order valence-electron chi connectivity index (χ2n) is 6.94. The Morgan fingerprint density at radius 3 is 2.04 bits per heavy atom. The number of ether oxygens (including phenoxy) is 1. The van der Waals surface area contributed by atoms with Crippen LogP contribution in [0.4, 0.5) is 5.69 Å². The molecule has 0 aliphatic heterocycles. The van der Waals surface area contributed by atoms with E-state index in [1.807, 2.05) is 18.2 Å². The molecule has 0 aliphatic carbocycles. The van der Waals surface area contributed by atoms with Gasteiger partial charge in [-0.15, -0.1) is 0 Å². The van der Waals surface area contributed by atoms with Crippen LogP contribution in [0.5, 0.6) is 5.75 Å². The van der Waals surface area contributed by atoms with Crippen LogP contribution in [0.2, 0.25) is 10.0 Å². The van der Waals surface area contributed by atoms with E-state index in [2.05, 4.69) is 33.0 Å². The molecule has 26 heavy (non-hydrogen) atoms. The first-order valence-corrected chi connectivity index (χ1v) is 9.51. The Kier molecular flexibility index (Phi) is 6.96. The van der Waals surface area contributed by atoms with Gasteiger partial charge in [-0.05, 0) is 48.1 Å². The van der Waals surface area contributed by atoms with Gasteiger partial charge < -0.3 is 10.1 Å². The van der Waals surface area contributed by atoms with E-state index in [4.69, 9.17) is 27.9 Å². The van der Waals surface area contributed by atoms with Crippen molar-refractivity contribution in [3.05, 3.63) is 57.6 Å². The van der Waals surface area contributed by atoms with E-state index >= 15 is 0 Å². The molecule has 0 heterocycles. The standard InChI is InChI=1S/C21H25Cl2NO2/c1-12(2)16-7-6-8-17(13(3)4)20(16)24-21(25)14(5)26-19-10-9-15(22)11-18(19)23/h6-14H,1-5H3,(H,24,25)/t14-/m0/s1. The molecule has 0 aromatic heterocycles. The first-order chi connectivity index (χ1) is 12.2. The number of carbonyl (C=O) groups is 1. The summed E-state index contributed by atoms with van der Waals surface area (Å²) in [5, 5.41) is 3.96. The fourth-order valence-corrected chi connectivity index (χ4v) is 3.19. The third-order valence-corrected chi connectivity index (χ3v) is 4.72. The Hall–Kier alpha value is -1.71. The second-order valence-corrected chi connectivity index (χ2v) is 7.79. The number of halogens is 2. The lowest BCUT2D eigenvalue weighted by Gasteiger charge is -2.22. The summed E-state index contributed by atoms with van der Waals surface area (Å²) < 4.78 is 5.73. The SMILES string of the molecule is CC(C)c1cccc(C(C)C)c1NC(=O)[C@H](C)Oc1ccc(Cl)cc1Cl. The smallest absolute Gasteiger partial charge is 0.265 e. The molecule has 0 unspecified atom stereocenters. The molecule has 0 bridgehead atoms. The van der Waals surface area contributed by atoms with E-state index in [-0.39, 0.29) is 5.91 Å². The molecule has 140 valence electrons. The van der Waals surface area contributed by atoms with Crippen molar-refractivity contribution in [2.45, 2.75) is 52.6 Å². The van der Waals surface area contributed by atoms with Gasteiger partial charge >= 0.3 is 0 Å². The van der Waals surface area contributed by atoms with Gasteiger partial charge in [0.2, 0.25) is 0 Å². The lowest BCUT2D eigenvalue weighted by Crippen LogP contribution is -2.31. The molecule has 2 aromatic carbocycles. The molecule has 0 saturated heterocycles. The van der Waals surface area contributed by atoms with Gasteiger partial charge in [0, 0.05) is 10.7 Å². The Morgan fingerprint density at radius 2 is 1.54 bits per heavy atom. The molecule has 1 amide bonds. The van der Waals surface area contributed by atoms with Gasteiger partial charge in [0.15, 0.2) is 6.10 Å². The molecule has 0 aliphatic rings. The average Bonchev–Trinajstić information content (AvgIpc) is 2.56. The summed E-state index contributed by atoms with van der Waals surface area (Å²) in [6.45, 7) is 10.2. The molecule has 5 heteroatoms. The quantitative estimate of drug-likeness (QED) is 0.596. The third-order valence-electron chi connectivity index (χ3n) is 4.19. The van der Waals surface area contributed by atoms with Crippen LogP contribution >= 0.6 is 23.2 Å². The van der Waals surface area contributed by atoms with Crippen LogP contribution in [0.3, 0.4) is 0 Å². The van der Waals surface area contributed by atoms with E-state index < -0.39 is 6.10 Å². The number of hydrogen-bond donors (Lipinski definition) is 1. The van der Waals surface area contributed by atoms with Gasteiger partial charge in [0.05, 0.1) is 5.02 Å². The number of benzene rings is 2. The largest absolute Gasteiger partial charge is 0.479 e. The zero-order valence-electron chi connectivity index (χ0n) is 15.8. The van der Waals surface area contributed by atoms with Gasteiger partial charge in [-0.2, -0.15) is 0 Å². The molecule has 0 saturated carbocycles. The summed E-state index contributed by atoms with van der Waals surface area (Å²) in [6.07, 6.45) is -0.700. The van der Waals surface area contributed by atoms with E-state index in [9.17, 15) is 4.79 Å². The number of nitrogens with one attached hydrogen (secondary N) is 1. The first-order valence-electron chi connectivity index (χ1n) is 8.76. The Labute approximate surface area is 165 Å². The van der Waals surface area contributed by atoms with Gasteiger partial charge in [-0.25, -0.2) is 0 Å². The highest BCUT2D eigenvalue weighted by molar-refractivity contribution is 6.35.